The lowest BCUT2D eigenvalue weighted by Crippen LogP contribution is -2.27. The summed E-state index contributed by atoms with van der Waals surface area (Å²) in [5.41, 5.74) is 5.45. The van der Waals surface area contributed by atoms with Crippen LogP contribution in [0.1, 0.15) is 34.1 Å². The van der Waals surface area contributed by atoms with E-state index in [1.54, 1.807) is 16.8 Å². The first-order chi connectivity index (χ1) is 7.28. The van der Waals surface area contributed by atoms with Gasteiger partial charge in [0.05, 0.1) is 0 Å². The predicted octanol–water partition coefficient (Wildman–Crippen LogP) is 1.90. The van der Waals surface area contributed by atoms with E-state index < -0.39 is 0 Å². The van der Waals surface area contributed by atoms with E-state index in [0.717, 1.165) is 6.42 Å². The Kier molecular flexibility index (Phi) is 3.73. The summed E-state index contributed by atoms with van der Waals surface area (Å²) in [5, 5.41) is 0. The van der Waals surface area contributed by atoms with Gasteiger partial charge in [0.25, 0.3) is 0 Å². The van der Waals surface area contributed by atoms with Gasteiger partial charge in [0.2, 0.25) is 0 Å². The zero-order chi connectivity index (χ0) is 12.3. The second kappa shape index (κ2) is 4.68. The van der Waals surface area contributed by atoms with Crippen molar-refractivity contribution < 1.29 is 0 Å². The van der Waals surface area contributed by atoms with Crippen LogP contribution in [0.2, 0.25) is 0 Å². The number of hydrogen-bond donors (Lipinski definition) is 1. The second-order valence-corrected chi connectivity index (χ2v) is 5.66. The van der Waals surface area contributed by atoms with Crippen LogP contribution < -0.4 is 11.4 Å². The fourth-order valence-corrected chi connectivity index (χ4v) is 2.03. The Labute approximate surface area is 96.5 Å². The van der Waals surface area contributed by atoms with Gasteiger partial charge in [0.1, 0.15) is 5.82 Å². The molecule has 0 aromatic carbocycles. The Hall–Kier alpha value is -1.32. The van der Waals surface area contributed by atoms with E-state index >= 15 is 0 Å². The minimum absolute atomic E-state index is 0.263. The third kappa shape index (κ3) is 4.04. The molecule has 0 fully saturated rings. The summed E-state index contributed by atoms with van der Waals surface area (Å²) < 4.78 is 1.62. The zero-order valence-electron chi connectivity index (χ0n) is 10.5. The molecule has 1 heterocycles. The molecule has 1 aromatic rings. The number of aromatic nitrogens is 2. The lowest BCUT2D eigenvalue weighted by molar-refractivity contribution is 0.283. The summed E-state index contributed by atoms with van der Waals surface area (Å²) in [4.78, 5) is 15.2. The maximum absolute atomic E-state index is 11.5. The van der Waals surface area contributed by atoms with Gasteiger partial charge in [-0.1, -0.05) is 27.7 Å². The fourth-order valence-electron chi connectivity index (χ4n) is 2.03. The number of nitrogen functional groups attached to an aromatic ring is 1. The molecule has 2 N–H and O–H groups in total. The van der Waals surface area contributed by atoms with Gasteiger partial charge in [-0.25, -0.2) is 4.79 Å². The molecule has 1 aromatic heterocycles. The molecule has 90 valence electrons. The Morgan fingerprint density at radius 3 is 2.62 bits per heavy atom. The van der Waals surface area contributed by atoms with Crippen LogP contribution in [0.3, 0.4) is 0 Å². The van der Waals surface area contributed by atoms with Crippen LogP contribution in [-0.2, 0) is 6.54 Å². The van der Waals surface area contributed by atoms with Crippen molar-refractivity contribution in [2.24, 2.45) is 11.3 Å². The molecule has 0 amide bonds. The smallest absolute Gasteiger partial charge is 0.349 e. The van der Waals surface area contributed by atoms with E-state index in [1.807, 2.05) is 0 Å². The largest absolute Gasteiger partial charge is 0.383 e. The molecule has 1 rings (SSSR count). The average Bonchev–Trinajstić information content (AvgIpc) is 2.06. The fraction of sp³-hybridized carbons (Fsp3) is 0.667. The van der Waals surface area contributed by atoms with Crippen molar-refractivity contribution in [3.05, 3.63) is 22.7 Å². The summed E-state index contributed by atoms with van der Waals surface area (Å²) in [7, 11) is 0. The molecule has 0 spiro atoms. The van der Waals surface area contributed by atoms with Crippen molar-refractivity contribution in [1.29, 1.82) is 0 Å². The normalized spacial score (nSPS) is 13.8. The van der Waals surface area contributed by atoms with E-state index in [1.165, 1.54) is 0 Å². The van der Waals surface area contributed by atoms with Crippen LogP contribution in [0.15, 0.2) is 17.1 Å². The summed E-state index contributed by atoms with van der Waals surface area (Å²) in [5.74, 6) is 0.729. The first-order valence-electron chi connectivity index (χ1n) is 5.61. The van der Waals surface area contributed by atoms with E-state index in [4.69, 9.17) is 5.73 Å². The first-order valence-corrected chi connectivity index (χ1v) is 5.61. The SMILES string of the molecule is C[C@@H](Cn1ccc(N)nc1=O)CC(C)(C)C. The van der Waals surface area contributed by atoms with E-state index in [-0.39, 0.29) is 16.9 Å². The molecule has 0 aliphatic heterocycles. The van der Waals surface area contributed by atoms with E-state index in [0.29, 0.717) is 12.5 Å². The predicted molar refractivity (Wildman–Crippen MR) is 66.1 cm³/mol. The second-order valence-electron chi connectivity index (χ2n) is 5.66. The van der Waals surface area contributed by atoms with Gasteiger partial charge in [-0.3, -0.25) is 4.57 Å². The molecule has 0 radical (unpaired) electrons. The lowest BCUT2D eigenvalue weighted by Gasteiger charge is -2.23. The molecule has 0 saturated carbocycles. The number of nitrogens with two attached hydrogens (primary N) is 1. The lowest BCUT2D eigenvalue weighted by atomic mass is 9.85. The summed E-state index contributed by atoms with van der Waals surface area (Å²) in [6.45, 7) is 9.45. The number of anilines is 1. The summed E-state index contributed by atoms with van der Waals surface area (Å²) >= 11 is 0. The Bertz CT molecular complexity index is 403. The van der Waals surface area contributed by atoms with Crippen molar-refractivity contribution in [2.75, 3.05) is 5.73 Å². The van der Waals surface area contributed by atoms with E-state index in [9.17, 15) is 4.79 Å². The molecular weight excluding hydrogens is 202 g/mol. The highest BCUT2D eigenvalue weighted by atomic mass is 16.1. The van der Waals surface area contributed by atoms with Crippen molar-refractivity contribution in [3.8, 4) is 0 Å². The van der Waals surface area contributed by atoms with Gasteiger partial charge in [0, 0.05) is 12.7 Å². The zero-order valence-corrected chi connectivity index (χ0v) is 10.5. The average molecular weight is 223 g/mol. The molecule has 0 aliphatic rings. The number of nitrogens with zero attached hydrogens (tertiary/aromatic N) is 2. The molecule has 0 unspecified atom stereocenters. The topological polar surface area (TPSA) is 60.9 Å². The van der Waals surface area contributed by atoms with Gasteiger partial charge in [-0.05, 0) is 23.8 Å². The summed E-state index contributed by atoms with van der Waals surface area (Å²) in [6.07, 6.45) is 2.79. The van der Waals surface area contributed by atoms with Gasteiger partial charge < -0.3 is 5.73 Å². The van der Waals surface area contributed by atoms with E-state index in [2.05, 4.69) is 32.7 Å². The minimum Gasteiger partial charge on any atom is -0.383 e. The molecule has 0 aliphatic carbocycles. The molecule has 0 bridgehead atoms. The maximum Gasteiger partial charge on any atom is 0.349 e. The molecule has 4 nitrogen and oxygen atoms in total. The van der Waals surface area contributed by atoms with Crippen LogP contribution in [0.25, 0.3) is 0 Å². The standard InChI is InChI=1S/C12H21N3O/c1-9(7-12(2,3)4)8-15-6-5-10(13)14-11(15)16/h5-6,9H,7-8H2,1-4H3,(H2,13,14,16)/t9-/m1/s1. The van der Waals surface area contributed by atoms with Crippen LogP contribution in [0.5, 0.6) is 0 Å². The Balaban J connectivity index is 2.70. The quantitative estimate of drug-likeness (QED) is 0.851. The van der Waals surface area contributed by atoms with Crippen LogP contribution in [0, 0.1) is 11.3 Å². The third-order valence-electron chi connectivity index (χ3n) is 2.36. The Morgan fingerprint density at radius 2 is 2.12 bits per heavy atom. The van der Waals surface area contributed by atoms with Crippen molar-refractivity contribution in [1.82, 2.24) is 9.55 Å². The van der Waals surface area contributed by atoms with Gasteiger partial charge >= 0.3 is 5.69 Å². The highest BCUT2D eigenvalue weighted by molar-refractivity contribution is 5.23. The number of rotatable bonds is 3. The van der Waals surface area contributed by atoms with Crippen molar-refractivity contribution >= 4 is 5.82 Å². The monoisotopic (exact) mass is 223 g/mol. The molecular formula is C12H21N3O. The highest BCUT2D eigenvalue weighted by Crippen LogP contribution is 2.24. The summed E-state index contributed by atoms with van der Waals surface area (Å²) in [6, 6.07) is 1.66. The molecule has 4 heteroatoms. The van der Waals surface area contributed by atoms with Crippen LogP contribution in [-0.4, -0.2) is 9.55 Å². The van der Waals surface area contributed by atoms with Gasteiger partial charge in [-0.2, -0.15) is 4.98 Å². The Morgan fingerprint density at radius 1 is 1.50 bits per heavy atom. The minimum atomic E-state index is -0.263. The molecule has 16 heavy (non-hydrogen) atoms. The van der Waals surface area contributed by atoms with Crippen molar-refractivity contribution in [2.45, 2.75) is 40.7 Å². The van der Waals surface area contributed by atoms with Gasteiger partial charge in [0.15, 0.2) is 0 Å². The number of hydrogen-bond acceptors (Lipinski definition) is 3. The molecule has 0 saturated heterocycles. The van der Waals surface area contributed by atoms with Crippen molar-refractivity contribution in [3.63, 3.8) is 0 Å². The molecule has 1 atom stereocenters. The van der Waals surface area contributed by atoms with Crippen LogP contribution >= 0.6 is 0 Å². The third-order valence-corrected chi connectivity index (χ3v) is 2.36. The van der Waals surface area contributed by atoms with Crippen LogP contribution in [0.4, 0.5) is 5.82 Å². The highest BCUT2D eigenvalue weighted by Gasteiger charge is 2.15. The first kappa shape index (κ1) is 12.7. The van der Waals surface area contributed by atoms with Gasteiger partial charge in [-0.15, -0.1) is 0 Å². The maximum atomic E-state index is 11.5.